The maximum absolute atomic E-state index is 4.96. The molecule has 2 aromatic heterocycles. The Labute approximate surface area is 158 Å². The average Bonchev–Trinajstić information content (AvgIpc) is 3.26. The SMILES string of the molecule is CCCCC(CC)Cn1c(-c2nc3ccccc3s2)nc2ccccc21. The first kappa shape index (κ1) is 17.2. The molecule has 0 saturated heterocycles. The predicted octanol–water partition coefficient (Wildman–Crippen LogP) is 6.53. The minimum atomic E-state index is 0.681. The number of unbranched alkanes of at least 4 members (excludes halogenated alkanes) is 1. The van der Waals surface area contributed by atoms with Crippen molar-refractivity contribution in [2.75, 3.05) is 0 Å². The highest BCUT2D eigenvalue weighted by atomic mass is 32.1. The van der Waals surface area contributed by atoms with Crippen molar-refractivity contribution in [1.82, 2.24) is 14.5 Å². The van der Waals surface area contributed by atoms with Gasteiger partial charge in [0.15, 0.2) is 10.8 Å². The van der Waals surface area contributed by atoms with Gasteiger partial charge in [-0.15, -0.1) is 11.3 Å². The second kappa shape index (κ2) is 7.58. The van der Waals surface area contributed by atoms with Crippen molar-refractivity contribution in [3.05, 3.63) is 48.5 Å². The van der Waals surface area contributed by atoms with Gasteiger partial charge in [0.1, 0.15) is 0 Å². The Balaban J connectivity index is 1.80. The van der Waals surface area contributed by atoms with Crippen LogP contribution >= 0.6 is 11.3 Å². The molecule has 2 heterocycles. The van der Waals surface area contributed by atoms with Gasteiger partial charge in [0.05, 0.1) is 21.3 Å². The summed E-state index contributed by atoms with van der Waals surface area (Å²) in [6.07, 6.45) is 5.03. The lowest BCUT2D eigenvalue weighted by molar-refractivity contribution is 0.397. The summed E-state index contributed by atoms with van der Waals surface area (Å²) in [5.41, 5.74) is 3.34. The van der Waals surface area contributed by atoms with Gasteiger partial charge in [0.25, 0.3) is 0 Å². The Kier molecular flexibility index (Phi) is 5.02. The van der Waals surface area contributed by atoms with E-state index < -0.39 is 0 Å². The molecule has 0 aliphatic carbocycles. The molecule has 4 aromatic rings. The van der Waals surface area contributed by atoms with Gasteiger partial charge in [0, 0.05) is 6.54 Å². The predicted molar refractivity (Wildman–Crippen MR) is 112 cm³/mol. The zero-order chi connectivity index (χ0) is 17.9. The van der Waals surface area contributed by atoms with E-state index in [2.05, 4.69) is 60.9 Å². The Morgan fingerprint density at radius 3 is 2.50 bits per heavy atom. The van der Waals surface area contributed by atoms with Gasteiger partial charge in [-0.1, -0.05) is 57.4 Å². The van der Waals surface area contributed by atoms with Crippen LogP contribution in [-0.2, 0) is 6.54 Å². The number of benzene rings is 2. The van der Waals surface area contributed by atoms with Gasteiger partial charge in [-0.05, 0) is 36.6 Å². The molecule has 0 radical (unpaired) electrons. The number of nitrogens with zero attached hydrogens (tertiary/aromatic N) is 3. The fourth-order valence-corrected chi connectivity index (χ4v) is 4.53. The number of fused-ring (bicyclic) bond motifs is 2. The topological polar surface area (TPSA) is 30.7 Å². The average molecular weight is 364 g/mol. The van der Waals surface area contributed by atoms with Gasteiger partial charge in [0.2, 0.25) is 0 Å². The molecule has 0 amide bonds. The summed E-state index contributed by atoms with van der Waals surface area (Å²) >= 11 is 1.74. The number of para-hydroxylation sites is 3. The van der Waals surface area contributed by atoms with E-state index in [0.717, 1.165) is 28.4 Å². The lowest BCUT2D eigenvalue weighted by Crippen LogP contribution is -2.11. The summed E-state index contributed by atoms with van der Waals surface area (Å²) in [5, 5.41) is 1.02. The largest absolute Gasteiger partial charge is 0.322 e. The molecule has 134 valence electrons. The third-order valence-corrected chi connectivity index (χ3v) is 6.16. The smallest absolute Gasteiger partial charge is 0.170 e. The zero-order valence-electron chi connectivity index (χ0n) is 15.5. The highest BCUT2D eigenvalue weighted by Gasteiger charge is 2.18. The van der Waals surface area contributed by atoms with Crippen molar-refractivity contribution in [2.24, 2.45) is 5.92 Å². The maximum Gasteiger partial charge on any atom is 0.170 e. The Hall–Kier alpha value is -2.20. The van der Waals surface area contributed by atoms with Gasteiger partial charge in [-0.2, -0.15) is 0 Å². The maximum atomic E-state index is 4.96. The molecule has 0 spiro atoms. The van der Waals surface area contributed by atoms with Gasteiger partial charge in [-0.3, -0.25) is 0 Å². The van der Waals surface area contributed by atoms with Crippen molar-refractivity contribution in [2.45, 2.75) is 46.1 Å². The molecule has 26 heavy (non-hydrogen) atoms. The third-order valence-electron chi connectivity index (χ3n) is 5.12. The molecule has 1 atom stereocenters. The van der Waals surface area contributed by atoms with E-state index in [1.165, 1.54) is 35.9 Å². The van der Waals surface area contributed by atoms with Gasteiger partial charge >= 0.3 is 0 Å². The molecule has 0 saturated carbocycles. The number of hydrogen-bond acceptors (Lipinski definition) is 3. The van der Waals surface area contributed by atoms with Crippen molar-refractivity contribution in [1.29, 1.82) is 0 Å². The first-order valence-electron chi connectivity index (χ1n) is 9.61. The number of aromatic nitrogens is 3. The molecular formula is C22H25N3S. The molecular weight excluding hydrogens is 338 g/mol. The summed E-state index contributed by atoms with van der Waals surface area (Å²) < 4.78 is 3.62. The lowest BCUT2D eigenvalue weighted by Gasteiger charge is -2.17. The molecule has 3 nitrogen and oxygen atoms in total. The summed E-state index contributed by atoms with van der Waals surface area (Å²) in [6, 6.07) is 16.8. The van der Waals surface area contributed by atoms with Crippen LogP contribution in [-0.4, -0.2) is 14.5 Å². The second-order valence-electron chi connectivity index (χ2n) is 6.94. The molecule has 4 heteroatoms. The Morgan fingerprint density at radius 2 is 1.73 bits per heavy atom. The molecule has 0 aliphatic rings. The van der Waals surface area contributed by atoms with Crippen LogP contribution in [0, 0.1) is 5.92 Å². The first-order valence-corrected chi connectivity index (χ1v) is 10.4. The van der Waals surface area contributed by atoms with Crippen molar-refractivity contribution in [3.8, 4) is 10.8 Å². The Morgan fingerprint density at radius 1 is 0.962 bits per heavy atom. The van der Waals surface area contributed by atoms with Crippen molar-refractivity contribution < 1.29 is 0 Å². The van der Waals surface area contributed by atoms with E-state index in [4.69, 9.17) is 9.97 Å². The Bertz CT molecular complexity index is 982. The van der Waals surface area contributed by atoms with Crippen LogP contribution in [0.15, 0.2) is 48.5 Å². The van der Waals surface area contributed by atoms with Crippen LogP contribution in [0.3, 0.4) is 0 Å². The molecule has 0 aliphatic heterocycles. The number of rotatable bonds is 7. The minimum Gasteiger partial charge on any atom is -0.322 e. The van der Waals surface area contributed by atoms with Crippen LogP contribution < -0.4 is 0 Å². The number of hydrogen-bond donors (Lipinski definition) is 0. The molecule has 0 fully saturated rings. The first-order chi connectivity index (χ1) is 12.8. The molecule has 2 aromatic carbocycles. The monoisotopic (exact) mass is 363 g/mol. The van der Waals surface area contributed by atoms with Crippen molar-refractivity contribution >= 4 is 32.6 Å². The number of thiazole rings is 1. The van der Waals surface area contributed by atoms with E-state index in [0.29, 0.717) is 5.92 Å². The second-order valence-corrected chi connectivity index (χ2v) is 7.97. The highest BCUT2D eigenvalue weighted by Crippen LogP contribution is 2.33. The highest BCUT2D eigenvalue weighted by molar-refractivity contribution is 7.21. The molecule has 4 rings (SSSR count). The summed E-state index contributed by atoms with van der Waals surface area (Å²) in [7, 11) is 0. The fraction of sp³-hybridized carbons (Fsp3) is 0.364. The van der Waals surface area contributed by atoms with Crippen LogP contribution in [0.4, 0.5) is 0 Å². The lowest BCUT2D eigenvalue weighted by atomic mass is 9.99. The van der Waals surface area contributed by atoms with E-state index >= 15 is 0 Å². The third kappa shape index (κ3) is 3.26. The van der Waals surface area contributed by atoms with Crippen molar-refractivity contribution in [3.63, 3.8) is 0 Å². The summed E-state index contributed by atoms with van der Waals surface area (Å²) in [5.74, 6) is 1.70. The molecule has 0 bridgehead atoms. The standard InChI is InChI=1S/C22H25N3S/c1-3-5-10-16(4-2)15-25-19-13-8-6-11-17(19)23-21(25)22-24-18-12-7-9-14-20(18)26-22/h6-9,11-14,16H,3-5,10,15H2,1-2H3. The zero-order valence-corrected chi connectivity index (χ0v) is 16.3. The van der Waals surface area contributed by atoms with E-state index in [-0.39, 0.29) is 0 Å². The van der Waals surface area contributed by atoms with Crippen LogP contribution in [0.1, 0.15) is 39.5 Å². The fourth-order valence-electron chi connectivity index (χ4n) is 3.57. The molecule has 1 unspecified atom stereocenters. The molecule has 0 N–H and O–H groups in total. The van der Waals surface area contributed by atoms with E-state index in [9.17, 15) is 0 Å². The van der Waals surface area contributed by atoms with Gasteiger partial charge < -0.3 is 4.57 Å². The summed E-state index contributed by atoms with van der Waals surface area (Å²) in [4.78, 5) is 9.83. The van der Waals surface area contributed by atoms with Crippen LogP contribution in [0.2, 0.25) is 0 Å². The minimum absolute atomic E-state index is 0.681. The van der Waals surface area contributed by atoms with Crippen LogP contribution in [0.25, 0.3) is 32.1 Å². The van der Waals surface area contributed by atoms with E-state index in [1.807, 2.05) is 6.07 Å². The van der Waals surface area contributed by atoms with Crippen LogP contribution in [0.5, 0.6) is 0 Å². The summed E-state index contributed by atoms with van der Waals surface area (Å²) in [6.45, 7) is 5.59. The van der Waals surface area contributed by atoms with E-state index in [1.54, 1.807) is 11.3 Å². The number of imidazole rings is 1. The normalized spacial score (nSPS) is 12.8. The van der Waals surface area contributed by atoms with Gasteiger partial charge in [-0.25, -0.2) is 9.97 Å². The quantitative estimate of drug-likeness (QED) is 0.374.